The molecule has 1 fully saturated rings. The molecule has 0 bridgehead atoms. The van der Waals surface area contributed by atoms with Gasteiger partial charge in [-0.15, -0.1) is 0 Å². The summed E-state index contributed by atoms with van der Waals surface area (Å²) in [6.45, 7) is 3.58. The Balaban J connectivity index is 2.09. The highest BCUT2D eigenvalue weighted by molar-refractivity contribution is 6.42. The molecule has 1 aliphatic heterocycles. The van der Waals surface area contributed by atoms with E-state index < -0.39 is 0 Å². The largest absolute Gasteiger partial charge is 0.300 e. The number of hydrogen-bond donors (Lipinski definition) is 0. The first-order valence-corrected chi connectivity index (χ1v) is 7.99. The van der Waals surface area contributed by atoms with Crippen LogP contribution in [0.3, 0.4) is 0 Å². The zero-order valence-electron chi connectivity index (χ0n) is 11.9. The van der Waals surface area contributed by atoms with Crippen LogP contribution >= 0.6 is 23.2 Å². The van der Waals surface area contributed by atoms with E-state index in [4.69, 9.17) is 23.2 Å². The second-order valence-electron chi connectivity index (χ2n) is 5.63. The Morgan fingerprint density at radius 1 is 1.25 bits per heavy atom. The number of benzene rings is 1. The molecule has 0 radical (unpaired) electrons. The molecule has 0 amide bonds. The Hall–Kier alpha value is -0.570. The lowest BCUT2D eigenvalue weighted by Gasteiger charge is -2.29. The van der Waals surface area contributed by atoms with Gasteiger partial charge in [0.2, 0.25) is 0 Å². The van der Waals surface area contributed by atoms with E-state index >= 15 is 0 Å². The van der Waals surface area contributed by atoms with Gasteiger partial charge in [-0.25, -0.2) is 0 Å². The van der Waals surface area contributed by atoms with Crippen molar-refractivity contribution in [3.63, 3.8) is 0 Å². The van der Waals surface area contributed by atoms with Gasteiger partial charge < -0.3 is 0 Å². The third-order valence-corrected chi connectivity index (χ3v) is 4.63. The van der Waals surface area contributed by atoms with Gasteiger partial charge in [-0.2, -0.15) is 0 Å². The molecule has 0 spiro atoms. The van der Waals surface area contributed by atoms with Crippen molar-refractivity contribution in [3.8, 4) is 0 Å². The predicted octanol–water partition coefficient (Wildman–Crippen LogP) is 4.72. The van der Waals surface area contributed by atoms with E-state index in [1.54, 1.807) is 6.92 Å². The quantitative estimate of drug-likeness (QED) is 0.801. The Morgan fingerprint density at radius 3 is 2.75 bits per heavy atom. The average molecular weight is 314 g/mol. The van der Waals surface area contributed by atoms with Crippen molar-refractivity contribution in [2.75, 3.05) is 6.54 Å². The van der Waals surface area contributed by atoms with E-state index in [2.05, 4.69) is 4.90 Å². The zero-order chi connectivity index (χ0) is 14.5. The first kappa shape index (κ1) is 15.8. The van der Waals surface area contributed by atoms with Crippen LogP contribution in [0.15, 0.2) is 18.2 Å². The van der Waals surface area contributed by atoms with Crippen molar-refractivity contribution in [3.05, 3.63) is 33.8 Å². The first-order chi connectivity index (χ1) is 9.56. The number of hydrogen-bond acceptors (Lipinski definition) is 2. The second kappa shape index (κ2) is 7.44. The van der Waals surface area contributed by atoms with Crippen LogP contribution in [-0.2, 0) is 11.3 Å². The highest BCUT2D eigenvalue weighted by atomic mass is 35.5. The molecular weight excluding hydrogens is 293 g/mol. The van der Waals surface area contributed by atoms with E-state index in [1.165, 1.54) is 19.3 Å². The van der Waals surface area contributed by atoms with Gasteiger partial charge in [0, 0.05) is 19.0 Å². The summed E-state index contributed by atoms with van der Waals surface area (Å²) in [5, 5.41) is 1.19. The summed E-state index contributed by atoms with van der Waals surface area (Å²) < 4.78 is 0. The molecule has 1 atom stereocenters. The summed E-state index contributed by atoms with van der Waals surface area (Å²) in [5.74, 6) is 0.274. The van der Waals surface area contributed by atoms with Gasteiger partial charge in [-0.05, 0) is 44.0 Å². The van der Waals surface area contributed by atoms with Crippen LogP contribution in [0.5, 0.6) is 0 Å². The van der Waals surface area contributed by atoms with Gasteiger partial charge in [-0.3, -0.25) is 9.69 Å². The van der Waals surface area contributed by atoms with E-state index in [9.17, 15) is 4.79 Å². The van der Waals surface area contributed by atoms with Crippen molar-refractivity contribution >= 4 is 29.0 Å². The van der Waals surface area contributed by atoms with Crippen LogP contribution in [0.2, 0.25) is 10.0 Å². The van der Waals surface area contributed by atoms with Crippen LogP contribution in [-0.4, -0.2) is 23.3 Å². The molecule has 1 aromatic rings. The van der Waals surface area contributed by atoms with Gasteiger partial charge >= 0.3 is 0 Å². The van der Waals surface area contributed by atoms with Crippen LogP contribution in [0.4, 0.5) is 0 Å². The van der Waals surface area contributed by atoms with Crippen molar-refractivity contribution in [1.29, 1.82) is 0 Å². The minimum atomic E-state index is 0.274. The molecule has 0 aromatic heterocycles. The maximum atomic E-state index is 11.5. The standard InChI is InChI=1S/C16H21Cl2NO/c1-12(20)9-14-5-3-2-4-8-19(14)11-13-6-7-15(17)16(18)10-13/h6-7,10,14H,2-5,8-9,11H2,1H3. The lowest BCUT2D eigenvalue weighted by molar-refractivity contribution is -0.118. The van der Waals surface area contributed by atoms with Crippen LogP contribution in [0.25, 0.3) is 0 Å². The fraction of sp³-hybridized carbons (Fsp3) is 0.562. The Labute approximate surface area is 131 Å². The van der Waals surface area contributed by atoms with Gasteiger partial charge in [0.25, 0.3) is 0 Å². The first-order valence-electron chi connectivity index (χ1n) is 7.23. The predicted molar refractivity (Wildman–Crippen MR) is 84.4 cm³/mol. The number of halogens is 2. The van der Waals surface area contributed by atoms with E-state index in [0.717, 1.165) is 25.1 Å². The van der Waals surface area contributed by atoms with Gasteiger partial charge in [0.1, 0.15) is 5.78 Å². The second-order valence-corrected chi connectivity index (χ2v) is 6.44. The van der Waals surface area contributed by atoms with Gasteiger partial charge in [0.15, 0.2) is 0 Å². The summed E-state index contributed by atoms with van der Waals surface area (Å²) in [6, 6.07) is 6.16. The molecule has 1 aliphatic rings. The number of nitrogens with zero attached hydrogens (tertiary/aromatic N) is 1. The van der Waals surface area contributed by atoms with Crippen molar-refractivity contribution < 1.29 is 4.79 Å². The van der Waals surface area contributed by atoms with Crippen LogP contribution in [0, 0.1) is 0 Å². The third kappa shape index (κ3) is 4.47. The van der Waals surface area contributed by atoms with Gasteiger partial charge in [-0.1, -0.05) is 42.1 Å². The lowest BCUT2D eigenvalue weighted by Crippen LogP contribution is -2.35. The van der Waals surface area contributed by atoms with Crippen molar-refractivity contribution in [2.24, 2.45) is 0 Å². The number of carbonyl (C=O) groups excluding carboxylic acids is 1. The topological polar surface area (TPSA) is 20.3 Å². The number of rotatable bonds is 4. The molecule has 0 aliphatic carbocycles. The summed E-state index contributed by atoms with van der Waals surface area (Å²) in [4.78, 5) is 13.9. The lowest BCUT2D eigenvalue weighted by atomic mass is 10.0. The molecule has 0 saturated carbocycles. The molecule has 2 rings (SSSR count). The Morgan fingerprint density at radius 2 is 2.05 bits per heavy atom. The van der Waals surface area contributed by atoms with Crippen LogP contribution in [0.1, 0.15) is 44.6 Å². The molecule has 2 nitrogen and oxygen atoms in total. The highest BCUT2D eigenvalue weighted by Gasteiger charge is 2.22. The summed E-state index contributed by atoms with van der Waals surface area (Å²) in [5.41, 5.74) is 1.16. The summed E-state index contributed by atoms with van der Waals surface area (Å²) in [6.07, 6.45) is 5.44. The van der Waals surface area contributed by atoms with Gasteiger partial charge in [0.05, 0.1) is 10.0 Å². The number of ketones is 1. The maximum absolute atomic E-state index is 11.5. The molecule has 110 valence electrons. The minimum Gasteiger partial charge on any atom is -0.300 e. The average Bonchev–Trinajstić information content (AvgIpc) is 2.59. The molecule has 20 heavy (non-hydrogen) atoms. The fourth-order valence-corrected chi connectivity index (χ4v) is 3.20. The van der Waals surface area contributed by atoms with E-state index in [-0.39, 0.29) is 5.78 Å². The molecule has 1 heterocycles. The van der Waals surface area contributed by atoms with E-state index in [1.807, 2.05) is 18.2 Å². The van der Waals surface area contributed by atoms with E-state index in [0.29, 0.717) is 22.5 Å². The molecule has 1 aromatic carbocycles. The van der Waals surface area contributed by atoms with Crippen molar-refractivity contribution in [2.45, 2.75) is 51.6 Å². The normalized spacial score (nSPS) is 20.6. The smallest absolute Gasteiger partial charge is 0.131 e. The molecule has 1 saturated heterocycles. The fourth-order valence-electron chi connectivity index (χ4n) is 2.88. The van der Waals surface area contributed by atoms with Crippen LogP contribution < -0.4 is 0 Å². The Kier molecular flexibility index (Phi) is 5.88. The highest BCUT2D eigenvalue weighted by Crippen LogP contribution is 2.26. The monoisotopic (exact) mass is 313 g/mol. The molecule has 1 unspecified atom stereocenters. The summed E-state index contributed by atoms with van der Waals surface area (Å²) >= 11 is 12.0. The molecule has 4 heteroatoms. The third-order valence-electron chi connectivity index (χ3n) is 3.89. The number of likely N-dealkylation sites (tertiary alicyclic amines) is 1. The SMILES string of the molecule is CC(=O)CC1CCCCCN1Cc1ccc(Cl)c(Cl)c1. The number of carbonyl (C=O) groups is 1. The van der Waals surface area contributed by atoms with Crippen molar-refractivity contribution in [1.82, 2.24) is 4.90 Å². The molecular formula is C16H21Cl2NO. The Bertz CT molecular complexity index is 476. The molecule has 0 N–H and O–H groups in total. The number of Topliss-reactive ketones (excluding diaryl/α,β-unsaturated/α-hetero) is 1. The summed E-state index contributed by atoms with van der Waals surface area (Å²) in [7, 11) is 0. The zero-order valence-corrected chi connectivity index (χ0v) is 13.4. The maximum Gasteiger partial charge on any atom is 0.131 e. The minimum absolute atomic E-state index is 0.274.